The van der Waals surface area contributed by atoms with Crippen molar-refractivity contribution in [3.05, 3.63) is 29.6 Å². The van der Waals surface area contributed by atoms with Crippen LogP contribution in [0.1, 0.15) is 32.3 Å². The van der Waals surface area contributed by atoms with Crippen molar-refractivity contribution in [2.45, 2.75) is 33.1 Å². The molecule has 0 saturated carbocycles. The highest BCUT2D eigenvalue weighted by Crippen LogP contribution is 2.28. The fraction of sp³-hybridized carbons (Fsp3) is 0.467. The molecule has 0 N–H and O–H groups in total. The van der Waals surface area contributed by atoms with Gasteiger partial charge in [-0.2, -0.15) is 0 Å². The average Bonchev–Trinajstić information content (AvgIpc) is 2.41. The third-order valence-electron chi connectivity index (χ3n) is 3.72. The van der Waals surface area contributed by atoms with Gasteiger partial charge in [0.25, 0.3) is 0 Å². The molecule has 1 aliphatic rings. The van der Waals surface area contributed by atoms with Gasteiger partial charge in [0.15, 0.2) is 5.78 Å². The van der Waals surface area contributed by atoms with E-state index in [2.05, 4.69) is 0 Å². The number of carbonyl (C=O) groups excluding carboxylic acids is 2. The van der Waals surface area contributed by atoms with Crippen molar-refractivity contribution in [3.63, 3.8) is 0 Å². The Morgan fingerprint density at radius 2 is 2.16 bits per heavy atom. The van der Waals surface area contributed by atoms with Crippen LogP contribution in [0.2, 0.25) is 0 Å². The molecule has 0 aliphatic carbocycles. The molecule has 0 aromatic heterocycles. The van der Waals surface area contributed by atoms with Crippen LogP contribution in [-0.4, -0.2) is 18.2 Å². The molecule has 0 radical (unpaired) electrons. The van der Waals surface area contributed by atoms with Gasteiger partial charge < -0.3 is 4.90 Å². The van der Waals surface area contributed by atoms with Gasteiger partial charge in [0.05, 0.1) is 12.2 Å². The van der Waals surface area contributed by atoms with Crippen LogP contribution in [0.25, 0.3) is 0 Å². The Hall–Kier alpha value is -1.71. The first-order valence-electron chi connectivity index (χ1n) is 6.64. The van der Waals surface area contributed by atoms with E-state index >= 15 is 0 Å². The number of amides is 1. The van der Waals surface area contributed by atoms with Gasteiger partial charge in [-0.05, 0) is 30.5 Å². The van der Waals surface area contributed by atoms with Crippen molar-refractivity contribution in [3.8, 4) is 0 Å². The van der Waals surface area contributed by atoms with Crippen LogP contribution in [0.5, 0.6) is 0 Å². The minimum absolute atomic E-state index is 0.0213. The zero-order valence-corrected chi connectivity index (χ0v) is 11.3. The SMILES string of the molecule is CCC(C)C(=O)CN1C(=O)CCc2ccc(F)cc21. The fourth-order valence-electron chi connectivity index (χ4n) is 2.22. The molecule has 2 rings (SSSR count). The fourth-order valence-corrected chi connectivity index (χ4v) is 2.22. The van der Waals surface area contributed by atoms with Crippen LogP contribution in [0.4, 0.5) is 10.1 Å². The molecule has 1 amide bonds. The van der Waals surface area contributed by atoms with Crippen LogP contribution in [0, 0.1) is 11.7 Å². The number of halogens is 1. The first kappa shape index (κ1) is 13.7. The van der Waals surface area contributed by atoms with Gasteiger partial charge >= 0.3 is 0 Å². The number of Topliss-reactive ketones (excluding diaryl/α,β-unsaturated/α-hetero) is 1. The Balaban J connectivity index is 2.27. The molecule has 1 aromatic rings. The second-order valence-corrected chi connectivity index (χ2v) is 5.03. The molecule has 1 aliphatic heterocycles. The number of fused-ring (bicyclic) bond motifs is 1. The smallest absolute Gasteiger partial charge is 0.227 e. The summed E-state index contributed by atoms with van der Waals surface area (Å²) in [5, 5.41) is 0. The quantitative estimate of drug-likeness (QED) is 0.837. The zero-order valence-electron chi connectivity index (χ0n) is 11.3. The molecule has 0 spiro atoms. The van der Waals surface area contributed by atoms with Gasteiger partial charge in [0.1, 0.15) is 5.82 Å². The van der Waals surface area contributed by atoms with E-state index in [0.717, 1.165) is 12.0 Å². The normalized spacial score (nSPS) is 16.2. The van der Waals surface area contributed by atoms with Crippen molar-refractivity contribution < 1.29 is 14.0 Å². The molecule has 19 heavy (non-hydrogen) atoms. The van der Waals surface area contributed by atoms with Crippen molar-refractivity contribution >= 4 is 17.4 Å². The van der Waals surface area contributed by atoms with E-state index in [1.807, 2.05) is 13.8 Å². The molecular weight excluding hydrogens is 245 g/mol. The van der Waals surface area contributed by atoms with Gasteiger partial charge in [-0.1, -0.05) is 19.9 Å². The topological polar surface area (TPSA) is 37.4 Å². The number of hydrogen-bond acceptors (Lipinski definition) is 2. The minimum atomic E-state index is -0.380. The van der Waals surface area contributed by atoms with E-state index < -0.39 is 0 Å². The number of rotatable bonds is 4. The lowest BCUT2D eigenvalue weighted by Crippen LogP contribution is -2.40. The van der Waals surface area contributed by atoms with Gasteiger partial charge in [0, 0.05) is 12.3 Å². The third-order valence-corrected chi connectivity index (χ3v) is 3.72. The second-order valence-electron chi connectivity index (χ2n) is 5.03. The molecule has 4 heteroatoms. The summed E-state index contributed by atoms with van der Waals surface area (Å²) in [6, 6.07) is 4.43. The van der Waals surface area contributed by atoms with Gasteiger partial charge in [0.2, 0.25) is 5.91 Å². The Labute approximate surface area is 112 Å². The molecule has 0 saturated heterocycles. The van der Waals surface area contributed by atoms with E-state index in [-0.39, 0.29) is 30.0 Å². The molecule has 1 unspecified atom stereocenters. The summed E-state index contributed by atoms with van der Waals surface area (Å²) in [4.78, 5) is 25.4. The lowest BCUT2D eigenvalue weighted by Gasteiger charge is -2.29. The van der Waals surface area contributed by atoms with E-state index in [1.165, 1.54) is 17.0 Å². The maximum Gasteiger partial charge on any atom is 0.227 e. The molecule has 1 aromatic carbocycles. The molecule has 102 valence electrons. The molecular formula is C15H18FNO2. The largest absolute Gasteiger partial charge is 0.305 e. The highest BCUT2D eigenvalue weighted by atomic mass is 19.1. The van der Waals surface area contributed by atoms with Crippen molar-refractivity contribution in [1.29, 1.82) is 0 Å². The number of aryl methyl sites for hydroxylation is 1. The number of hydrogen-bond donors (Lipinski definition) is 0. The van der Waals surface area contributed by atoms with Crippen molar-refractivity contribution in [1.82, 2.24) is 0 Å². The van der Waals surface area contributed by atoms with Crippen molar-refractivity contribution in [2.24, 2.45) is 5.92 Å². The molecule has 1 heterocycles. The lowest BCUT2D eigenvalue weighted by atomic mass is 9.98. The second kappa shape index (κ2) is 5.51. The zero-order chi connectivity index (χ0) is 14.0. The Bertz CT molecular complexity index is 513. The number of benzene rings is 1. The third kappa shape index (κ3) is 2.83. The van der Waals surface area contributed by atoms with E-state index in [1.54, 1.807) is 6.07 Å². The summed E-state index contributed by atoms with van der Waals surface area (Å²) in [5.74, 6) is -0.538. The van der Waals surface area contributed by atoms with Crippen molar-refractivity contribution in [2.75, 3.05) is 11.4 Å². The number of ketones is 1. The standard InChI is InChI=1S/C15H18FNO2/c1-3-10(2)14(18)9-17-13-8-12(16)6-4-11(13)5-7-15(17)19/h4,6,8,10H,3,5,7,9H2,1-2H3. The van der Waals surface area contributed by atoms with Crippen LogP contribution in [0.15, 0.2) is 18.2 Å². The first-order valence-corrected chi connectivity index (χ1v) is 6.64. The van der Waals surface area contributed by atoms with Crippen LogP contribution in [0.3, 0.4) is 0 Å². The van der Waals surface area contributed by atoms with E-state index in [9.17, 15) is 14.0 Å². The Morgan fingerprint density at radius 1 is 1.42 bits per heavy atom. The lowest BCUT2D eigenvalue weighted by molar-refractivity contribution is -0.124. The van der Waals surface area contributed by atoms with Crippen LogP contribution >= 0.6 is 0 Å². The maximum atomic E-state index is 13.3. The maximum absolute atomic E-state index is 13.3. The Morgan fingerprint density at radius 3 is 2.84 bits per heavy atom. The van der Waals surface area contributed by atoms with E-state index in [4.69, 9.17) is 0 Å². The number of anilines is 1. The summed E-state index contributed by atoms with van der Waals surface area (Å²) in [6.45, 7) is 3.84. The molecule has 3 nitrogen and oxygen atoms in total. The van der Waals surface area contributed by atoms with Gasteiger partial charge in [-0.3, -0.25) is 9.59 Å². The van der Waals surface area contributed by atoms with Crippen LogP contribution in [-0.2, 0) is 16.0 Å². The first-order chi connectivity index (χ1) is 9.02. The predicted octanol–water partition coefficient (Wildman–Crippen LogP) is 2.72. The highest BCUT2D eigenvalue weighted by Gasteiger charge is 2.27. The Kier molecular flexibility index (Phi) is 3.98. The predicted molar refractivity (Wildman–Crippen MR) is 71.5 cm³/mol. The summed E-state index contributed by atoms with van der Waals surface area (Å²) in [6.07, 6.45) is 1.74. The van der Waals surface area contributed by atoms with E-state index in [0.29, 0.717) is 18.5 Å². The van der Waals surface area contributed by atoms with Crippen LogP contribution < -0.4 is 4.90 Å². The summed E-state index contributed by atoms with van der Waals surface area (Å²) in [7, 11) is 0. The molecule has 1 atom stereocenters. The molecule has 0 fully saturated rings. The minimum Gasteiger partial charge on any atom is -0.305 e. The summed E-state index contributed by atoms with van der Waals surface area (Å²) in [5.41, 5.74) is 1.48. The summed E-state index contributed by atoms with van der Waals surface area (Å²) < 4.78 is 13.3. The monoisotopic (exact) mass is 263 g/mol. The molecule has 0 bridgehead atoms. The number of carbonyl (C=O) groups is 2. The highest BCUT2D eigenvalue weighted by molar-refractivity contribution is 6.01. The van der Waals surface area contributed by atoms with Gasteiger partial charge in [-0.25, -0.2) is 4.39 Å². The number of nitrogens with zero attached hydrogens (tertiary/aromatic N) is 1. The van der Waals surface area contributed by atoms with Gasteiger partial charge in [-0.15, -0.1) is 0 Å². The average molecular weight is 263 g/mol. The summed E-state index contributed by atoms with van der Waals surface area (Å²) >= 11 is 0.